The summed E-state index contributed by atoms with van der Waals surface area (Å²) < 4.78 is 10.7. The molecule has 1 aromatic heterocycles. The van der Waals surface area contributed by atoms with Gasteiger partial charge in [-0.2, -0.15) is 5.26 Å². The van der Waals surface area contributed by atoms with Gasteiger partial charge in [0, 0.05) is 18.2 Å². The molecule has 0 aliphatic carbocycles. The molecule has 1 heterocycles. The Morgan fingerprint density at radius 3 is 2.58 bits per heavy atom. The summed E-state index contributed by atoms with van der Waals surface area (Å²) in [6.45, 7) is 0.239. The van der Waals surface area contributed by atoms with E-state index in [1.165, 1.54) is 24.3 Å². The molecule has 1 amide bonds. The second kappa shape index (κ2) is 9.65. The second-order valence-corrected chi connectivity index (χ2v) is 6.81. The first-order valence-electron chi connectivity index (χ1n) is 9.07. The molecule has 3 rings (SSSR count). The number of carboxylic acids is 1. The lowest BCUT2D eigenvalue weighted by Crippen LogP contribution is -2.23. The molecule has 8 heteroatoms. The minimum atomic E-state index is -1.09. The lowest BCUT2D eigenvalue weighted by Gasteiger charge is -2.05. The molecule has 0 bridgehead atoms. The topological polar surface area (TPSA) is 113 Å². The van der Waals surface area contributed by atoms with Crippen molar-refractivity contribution in [1.82, 2.24) is 5.32 Å². The fourth-order valence-electron chi connectivity index (χ4n) is 2.73. The molecule has 0 unspecified atom stereocenters. The number of nitriles is 1. The van der Waals surface area contributed by atoms with Crippen LogP contribution in [0.4, 0.5) is 0 Å². The Kier molecular flexibility index (Phi) is 6.75. The number of nitrogens with zero attached hydrogens (tertiary/aromatic N) is 1. The molecule has 0 fully saturated rings. The molecule has 2 N–H and O–H groups in total. The molecule has 156 valence electrons. The number of nitrogens with one attached hydrogen (secondary N) is 1. The minimum absolute atomic E-state index is 0.0588. The van der Waals surface area contributed by atoms with Crippen molar-refractivity contribution in [1.29, 1.82) is 5.26 Å². The van der Waals surface area contributed by atoms with Gasteiger partial charge in [-0.1, -0.05) is 23.7 Å². The Hall–Kier alpha value is -4.02. The van der Waals surface area contributed by atoms with Gasteiger partial charge in [0.05, 0.1) is 17.7 Å². The molecule has 31 heavy (non-hydrogen) atoms. The van der Waals surface area contributed by atoms with E-state index in [1.807, 2.05) is 18.2 Å². The smallest absolute Gasteiger partial charge is 0.335 e. The third-order valence-corrected chi connectivity index (χ3v) is 4.70. The zero-order valence-electron chi connectivity index (χ0n) is 16.4. The van der Waals surface area contributed by atoms with Crippen molar-refractivity contribution in [2.24, 2.45) is 0 Å². The van der Waals surface area contributed by atoms with E-state index >= 15 is 0 Å². The number of carboxylic acid groups (broad SMARTS) is 1. The molecule has 0 saturated carbocycles. The second-order valence-electron chi connectivity index (χ2n) is 6.40. The summed E-state index contributed by atoms with van der Waals surface area (Å²) in [6.07, 6.45) is 1.31. The van der Waals surface area contributed by atoms with Gasteiger partial charge in [0.15, 0.2) is 0 Å². The average molecular weight is 437 g/mol. The number of carbonyl (C=O) groups excluding carboxylic acids is 1. The number of amides is 1. The van der Waals surface area contributed by atoms with Gasteiger partial charge in [-0.3, -0.25) is 4.79 Å². The number of methoxy groups -OCH3 is 1. The monoisotopic (exact) mass is 436 g/mol. The Bertz CT molecular complexity index is 1190. The van der Waals surface area contributed by atoms with Crippen molar-refractivity contribution in [3.8, 4) is 23.1 Å². The van der Waals surface area contributed by atoms with Crippen molar-refractivity contribution in [3.05, 3.63) is 82.1 Å². The predicted molar refractivity (Wildman–Crippen MR) is 115 cm³/mol. The molecule has 0 radical (unpaired) electrons. The highest BCUT2D eigenvalue weighted by Gasteiger charge is 2.14. The Morgan fingerprint density at radius 2 is 1.94 bits per heavy atom. The highest BCUT2D eigenvalue weighted by atomic mass is 35.5. The molecule has 2 aromatic carbocycles. The summed E-state index contributed by atoms with van der Waals surface area (Å²) in [5, 5.41) is 21.5. The van der Waals surface area contributed by atoms with Gasteiger partial charge in [-0.15, -0.1) is 0 Å². The zero-order valence-corrected chi connectivity index (χ0v) is 17.1. The van der Waals surface area contributed by atoms with Gasteiger partial charge in [0.2, 0.25) is 0 Å². The summed E-state index contributed by atoms with van der Waals surface area (Å²) in [4.78, 5) is 23.6. The van der Waals surface area contributed by atoms with Gasteiger partial charge in [-0.25, -0.2) is 4.79 Å². The number of hydrogen-bond donors (Lipinski definition) is 2. The first-order valence-corrected chi connectivity index (χ1v) is 9.45. The number of benzene rings is 2. The normalized spacial score (nSPS) is 10.9. The summed E-state index contributed by atoms with van der Waals surface area (Å²) in [5.41, 5.74) is 1.16. The Balaban J connectivity index is 1.75. The van der Waals surface area contributed by atoms with E-state index in [0.717, 1.165) is 5.56 Å². The Morgan fingerprint density at radius 1 is 1.19 bits per heavy atom. The SMILES string of the molecule is COc1ccc(CNC(=O)/C(C#N)=C\c2ccc(-c3cc(C(=O)O)ccc3Cl)o2)cc1. The van der Waals surface area contributed by atoms with Crippen LogP contribution in [0, 0.1) is 11.3 Å². The number of furan rings is 1. The third kappa shape index (κ3) is 5.32. The third-order valence-electron chi connectivity index (χ3n) is 4.37. The molecule has 0 aliphatic heterocycles. The summed E-state index contributed by atoms with van der Waals surface area (Å²) in [5.74, 6) is -0.374. The van der Waals surface area contributed by atoms with Gasteiger partial charge in [0.1, 0.15) is 28.9 Å². The molecule has 7 nitrogen and oxygen atoms in total. The largest absolute Gasteiger partial charge is 0.497 e. The number of halogens is 1. The maximum atomic E-state index is 12.4. The maximum Gasteiger partial charge on any atom is 0.335 e. The van der Waals surface area contributed by atoms with Crippen molar-refractivity contribution >= 4 is 29.6 Å². The van der Waals surface area contributed by atoms with E-state index in [9.17, 15) is 14.9 Å². The molecule has 0 atom stereocenters. The van der Waals surface area contributed by atoms with Crippen LogP contribution in [-0.2, 0) is 11.3 Å². The zero-order chi connectivity index (χ0) is 22.4. The summed E-state index contributed by atoms with van der Waals surface area (Å²) in [7, 11) is 1.57. The van der Waals surface area contributed by atoms with Crippen LogP contribution < -0.4 is 10.1 Å². The first kappa shape index (κ1) is 21.7. The number of ether oxygens (including phenoxy) is 1. The highest BCUT2D eigenvalue weighted by molar-refractivity contribution is 6.33. The molecule has 0 spiro atoms. The molecule has 3 aromatic rings. The van der Waals surface area contributed by atoms with Crippen LogP contribution in [-0.4, -0.2) is 24.1 Å². The lowest BCUT2D eigenvalue weighted by molar-refractivity contribution is -0.117. The molecular weight excluding hydrogens is 420 g/mol. The number of rotatable bonds is 7. The van der Waals surface area contributed by atoms with Crippen molar-refractivity contribution in [3.63, 3.8) is 0 Å². The van der Waals surface area contributed by atoms with E-state index in [-0.39, 0.29) is 23.4 Å². The lowest BCUT2D eigenvalue weighted by atomic mass is 10.1. The average Bonchev–Trinajstić information content (AvgIpc) is 3.24. The quantitative estimate of drug-likeness (QED) is 0.415. The number of hydrogen-bond acceptors (Lipinski definition) is 5. The van der Waals surface area contributed by atoms with Gasteiger partial charge < -0.3 is 19.6 Å². The van der Waals surface area contributed by atoms with Crippen LogP contribution in [0.15, 0.2) is 64.6 Å². The van der Waals surface area contributed by atoms with Crippen LogP contribution >= 0.6 is 11.6 Å². The van der Waals surface area contributed by atoms with Crippen LogP contribution in [0.25, 0.3) is 17.4 Å². The number of carbonyl (C=O) groups is 2. The highest BCUT2D eigenvalue weighted by Crippen LogP contribution is 2.31. The van der Waals surface area contributed by atoms with E-state index in [1.54, 1.807) is 31.4 Å². The summed E-state index contributed by atoms with van der Waals surface area (Å²) in [6, 6.07) is 16.4. The van der Waals surface area contributed by atoms with Crippen molar-refractivity contribution in [2.45, 2.75) is 6.54 Å². The maximum absolute atomic E-state index is 12.4. The number of aromatic carboxylic acids is 1. The van der Waals surface area contributed by atoms with Gasteiger partial charge in [0.25, 0.3) is 5.91 Å². The van der Waals surface area contributed by atoms with E-state index < -0.39 is 11.9 Å². The summed E-state index contributed by atoms with van der Waals surface area (Å²) >= 11 is 6.15. The molecule has 0 saturated heterocycles. The fourth-order valence-corrected chi connectivity index (χ4v) is 2.94. The van der Waals surface area contributed by atoms with Crippen molar-refractivity contribution in [2.75, 3.05) is 7.11 Å². The van der Waals surface area contributed by atoms with E-state index in [2.05, 4.69) is 5.32 Å². The van der Waals surface area contributed by atoms with Gasteiger partial charge >= 0.3 is 5.97 Å². The van der Waals surface area contributed by atoms with Crippen LogP contribution in [0.5, 0.6) is 5.75 Å². The van der Waals surface area contributed by atoms with Crippen LogP contribution in [0.2, 0.25) is 5.02 Å². The fraction of sp³-hybridized carbons (Fsp3) is 0.0870. The minimum Gasteiger partial charge on any atom is -0.497 e. The van der Waals surface area contributed by atoms with Crippen molar-refractivity contribution < 1.29 is 23.8 Å². The molecule has 0 aliphatic rings. The first-order chi connectivity index (χ1) is 14.9. The van der Waals surface area contributed by atoms with Crippen LogP contribution in [0.3, 0.4) is 0 Å². The molecular formula is C23H17ClN2O5. The van der Waals surface area contributed by atoms with Gasteiger partial charge in [-0.05, 0) is 48.0 Å². The Labute approximate surface area is 183 Å². The van der Waals surface area contributed by atoms with E-state index in [4.69, 9.17) is 25.9 Å². The standard InChI is InChI=1S/C23H17ClN2O5/c1-30-17-5-2-14(3-6-17)13-26-22(27)16(12-25)10-18-7-9-21(31-18)19-11-15(23(28)29)4-8-20(19)24/h2-11H,13H2,1H3,(H,26,27)(H,28,29)/b16-10-. The van der Waals surface area contributed by atoms with Crippen LogP contribution in [0.1, 0.15) is 21.7 Å². The van der Waals surface area contributed by atoms with E-state index in [0.29, 0.717) is 22.1 Å². The predicted octanol–water partition coefficient (Wildman–Crippen LogP) is 4.53.